The lowest BCUT2D eigenvalue weighted by atomic mass is 10.1. The van der Waals surface area contributed by atoms with E-state index in [1.54, 1.807) is 18.2 Å². The van der Waals surface area contributed by atoms with Gasteiger partial charge < -0.3 is 10.2 Å². The van der Waals surface area contributed by atoms with E-state index in [0.29, 0.717) is 5.69 Å². The average Bonchev–Trinajstić information content (AvgIpc) is 2.75. The molecule has 142 valence electrons. The van der Waals surface area contributed by atoms with E-state index in [4.69, 9.17) is 0 Å². The normalized spacial score (nSPS) is 14.0. The highest BCUT2D eigenvalue weighted by Crippen LogP contribution is 2.22. The van der Waals surface area contributed by atoms with Crippen molar-refractivity contribution in [3.63, 3.8) is 0 Å². The lowest BCUT2D eigenvalue weighted by Gasteiger charge is -2.27. The van der Waals surface area contributed by atoms with Crippen LogP contribution in [-0.2, 0) is 0 Å². The van der Waals surface area contributed by atoms with Crippen LogP contribution in [0.3, 0.4) is 0 Å². The van der Waals surface area contributed by atoms with Gasteiger partial charge in [0, 0.05) is 29.9 Å². The SMILES string of the molecule is O=C(Nc1ccc(-c2ccc(N3CCCCC3)nn2)cc1)c1cccc(F)c1. The van der Waals surface area contributed by atoms with Gasteiger partial charge in [0.1, 0.15) is 5.82 Å². The molecule has 4 rings (SSSR count). The number of amides is 1. The second-order valence-electron chi connectivity index (χ2n) is 6.87. The third-order valence-electron chi connectivity index (χ3n) is 4.86. The van der Waals surface area contributed by atoms with Crippen molar-refractivity contribution in [2.24, 2.45) is 0 Å². The first-order chi connectivity index (χ1) is 13.7. The van der Waals surface area contributed by atoms with E-state index in [-0.39, 0.29) is 11.5 Å². The number of rotatable bonds is 4. The average molecular weight is 376 g/mol. The number of anilines is 2. The summed E-state index contributed by atoms with van der Waals surface area (Å²) < 4.78 is 13.3. The quantitative estimate of drug-likeness (QED) is 0.727. The van der Waals surface area contributed by atoms with Gasteiger partial charge in [0.25, 0.3) is 5.91 Å². The molecule has 0 atom stereocenters. The van der Waals surface area contributed by atoms with Crippen LogP contribution in [0.1, 0.15) is 29.6 Å². The Morgan fingerprint density at radius 1 is 0.929 bits per heavy atom. The molecule has 3 aromatic rings. The topological polar surface area (TPSA) is 58.1 Å². The van der Waals surface area contributed by atoms with E-state index in [9.17, 15) is 9.18 Å². The Morgan fingerprint density at radius 2 is 1.71 bits per heavy atom. The number of carbonyl (C=O) groups excluding carboxylic acids is 1. The minimum atomic E-state index is -0.436. The number of halogens is 1. The molecule has 1 amide bonds. The summed E-state index contributed by atoms with van der Waals surface area (Å²) in [6, 6.07) is 16.9. The van der Waals surface area contributed by atoms with Crippen molar-refractivity contribution in [3.05, 3.63) is 72.0 Å². The molecule has 6 heteroatoms. The van der Waals surface area contributed by atoms with Crippen LogP contribution in [0.25, 0.3) is 11.3 Å². The lowest BCUT2D eigenvalue weighted by molar-refractivity contribution is 0.102. The molecule has 28 heavy (non-hydrogen) atoms. The highest BCUT2D eigenvalue weighted by Gasteiger charge is 2.13. The number of aromatic nitrogens is 2. The van der Waals surface area contributed by atoms with Crippen molar-refractivity contribution in [2.75, 3.05) is 23.3 Å². The molecule has 0 saturated carbocycles. The van der Waals surface area contributed by atoms with E-state index in [1.807, 2.05) is 24.3 Å². The van der Waals surface area contributed by atoms with Gasteiger partial charge in [-0.2, -0.15) is 0 Å². The van der Waals surface area contributed by atoms with Crippen molar-refractivity contribution < 1.29 is 9.18 Å². The first-order valence-corrected chi connectivity index (χ1v) is 9.45. The lowest BCUT2D eigenvalue weighted by Crippen LogP contribution is -2.30. The zero-order valence-electron chi connectivity index (χ0n) is 15.4. The summed E-state index contributed by atoms with van der Waals surface area (Å²) in [5, 5.41) is 11.5. The molecule has 0 radical (unpaired) electrons. The molecule has 1 aromatic heterocycles. The number of benzene rings is 2. The molecule has 1 saturated heterocycles. The van der Waals surface area contributed by atoms with E-state index in [1.165, 1.54) is 37.5 Å². The van der Waals surface area contributed by atoms with Gasteiger partial charge in [-0.15, -0.1) is 10.2 Å². The van der Waals surface area contributed by atoms with Crippen LogP contribution in [-0.4, -0.2) is 29.2 Å². The molecule has 1 fully saturated rings. The Morgan fingerprint density at radius 3 is 2.39 bits per heavy atom. The van der Waals surface area contributed by atoms with Gasteiger partial charge in [-0.25, -0.2) is 4.39 Å². The molecule has 1 aliphatic rings. The summed E-state index contributed by atoms with van der Waals surface area (Å²) in [7, 11) is 0. The number of carbonyl (C=O) groups is 1. The monoisotopic (exact) mass is 376 g/mol. The molecule has 0 bridgehead atoms. The summed E-state index contributed by atoms with van der Waals surface area (Å²) in [6.45, 7) is 2.07. The number of hydrogen-bond acceptors (Lipinski definition) is 4. The number of piperidine rings is 1. The first kappa shape index (κ1) is 18.1. The summed E-state index contributed by atoms with van der Waals surface area (Å²) >= 11 is 0. The van der Waals surface area contributed by atoms with Gasteiger partial charge in [0.05, 0.1) is 5.69 Å². The fourth-order valence-electron chi connectivity index (χ4n) is 3.33. The molecule has 0 unspecified atom stereocenters. The zero-order chi connectivity index (χ0) is 19.3. The van der Waals surface area contributed by atoms with E-state index >= 15 is 0 Å². The molecule has 2 aromatic carbocycles. The van der Waals surface area contributed by atoms with Gasteiger partial charge in [0.2, 0.25) is 0 Å². The van der Waals surface area contributed by atoms with Crippen molar-refractivity contribution in [1.82, 2.24) is 10.2 Å². The zero-order valence-corrected chi connectivity index (χ0v) is 15.4. The molecule has 2 heterocycles. The molecule has 5 nitrogen and oxygen atoms in total. The standard InChI is InChI=1S/C22H21FN4O/c23-18-6-4-5-17(15-18)22(28)24-19-9-7-16(8-10-19)20-11-12-21(26-25-20)27-13-2-1-3-14-27/h4-12,15H,1-3,13-14H2,(H,24,28). The Kier molecular flexibility index (Phi) is 5.28. The first-order valence-electron chi connectivity index (χ1n) is 9.45. The Labute approximate surface area is 163 Å². The number of hydrogen-bond donors (Lipinski definition) is 1. The maximum Gasteiger partial charge on any atom is 0.255 e. The third-order valence-corrected chi connectivity index (χ3v) is 4.86. The fourth-order valence-corrected chi connectivity index (χ4v) is 3.33. The molecular weight excluding hydrogens is 355 g/mol. The maximum atomic E-state index is 13.3. The Bertz CT molecular complexity index is 951. The molecule has 1 N–H and O–H groups in total. The van der Waals surface area contributed by atoms with Crippen LogP contribution in [0.4, 0.5) is 15.9 Å². The van der Waals surface area contributed by atoms with Crippen LogP contribution in [0.15, 0.2) is 60.7 Å². The Hall–Kier alpha value is -3.28. The van der Waals surface area contributed by atoms with Crippen LogP contribution in [0.5, 0.6) is 0 Å². The van der Waals surface area contributed by atoms with E-state index in [2.05, 4.69) is 20.4 Å². The van der Waals surface area contributed by atoms with Crippen molar-refractivity contribution >= 4 is 17.4 Å². The van der Waals surface area contributed by atoms with Gasteiger partial charge in [-0.1, -0.05) is 18.2 Å². The highest BCUT2D eigenvalue weighted by atomic mass is 19.1. The van der Waals surface area contributed by atoms with Crippen LogP contribution < -0.4 is 10.2 Å². The fraction of sp³-hybridized carbons (Fsp3) is 0.227. The smallest absolute Gasteiger partial charge is 0.255 e. The van der Waals surface area contributed by atoms with Gasteiger partial charge in [-0.05, 0) is 61.7 Å². The molecule has 0 aliphatic carbocycles. The predicted molar refractivity (Wildman–Crippen MR) is 108 cm³/mol. The van der Waals surface area contributed by atoms with Crippen molar-refractivity contribution in [1.29, 1.82) is 0 Å². The maximum absolute atomic E-state index is 13.3. The van der Waals surface area contributed by atoms with Crippen molar-refractivity contribution in [3.8, 4) is 11.3 Å². The van der Waals surface area contributed by atoms with Gasteiger partial charge >= 0.3 is 0 Å². The van der Waals surface area contributed by atoms with Gasteiger partial charge in [0.15, 0.2) is 5.82 Å². The summed E-state index contributed by atoms with van der Waals surface area (Å²) in [6.07, 6.45) is 3.68. The largest absolute Gasteiger partial charge is 0.355 e. The minimum absolute atomic E-state index is 0.281. The van der Waals surface area contributed by atoms with E-state index in [0.717, 1.165) is 30.2 Å². The minimum Gasteiger partial charge on any atom is -0.355 e. The van der Waals surface area contributed by atoms with Crippen LogP contribution in [0.2, 0.25) is 0 Å². The van der Waals surface area contributed by atoms with Gasteiger partial charge in [-0.3, -0.25) is 4.79 Å². The van der Waals surface area contributed by atoms with Crippen LogP contribution >= 0.6 is 0 Å². The molecule has 0 spiro atoms. The second-order valence-corrected chi connectivity index (χ2v) is 6.87. The molecular formula is C22H21FN4O. The number of nitrogens with one attached hydrogen (secondary N) is 1. The summed E-state index contributed by atoms with van der Waals surface area (Å²) in [4.78, 5) is 14.5. The Balaban J connectivity index is 1.43. The third kappa shape index (κ3) is 4.17. The summed E-state index contributed by atoms with van der Waals surface area (Å²) in [5.41, 5.74) is 2.62. The second kappa shape index (κ2) is 8.17. The van der Waals surface area contributed by atoms with Crippen LogP contribution in [0, 0.1) is 5.82 Å². The predicted octanol–water partition coefficient (Wildman–Crippen LogP) is 4.53. The van der Waals surface area contributed by atoms with E-state index < -0.39 is 5.82 Å². The number of nitrogens with zero attached hydrogens (tertiary/aromatic N) is 3. The van der Waals surface area contributed by atoms with Crippen molar-refractivity contribution in [2.45, 2.75) is 19.3 Å². The summed E-state index contributed by atoms with van der Waals surface area (Å²) in [5.74, 6) is 0.134. The molecule has 1 aliphatic heterocycles. The highest BCUT2D eigenvalue weighted by molar-refractivity contribution is 6.04.